The summed E-state index contributed by atoms with van der Waals surface area (Å²) in [6.07, 6.45) is 6.99. The number of benzene rings is 1. The molecule has 1 aromatic rings. The fraction of sp³-hybridized carbons (Fsp3) is 0.524. The molecule has 1 aliphatic rings. The first-order valence-corrected chi connectivity index (χ1v) is 9.63. The van der Waals surface area contributed by atoms with E-state index in [1.165, 1.54) is 35.1 Å². The molecule has 2 rings (SSSR count). The monoisotopic (exact) mass is 371 g/mol. The van der Waals surface area contributed by atoms with E-state index in [-0.39, 0.29) is 37.9 Å². The molecule has 0 heterocycles. The third-order valence-electron chi connectivity index (χ3n) is 4.99. The zero-order valence-corrected chi connectivity index (χ0v) is 15.9. The molecule has 146 valence electrons. The number of amides is 1. The number of carbonyl (C=O) groups is 1. The van der Waals surface area contributed by atoms with Gasteiger partial charge >= 0.3 is 0 Å². The number of rotatable bonds is 9. The van der Waals surface area contributed by atoms with Gasteiger partial charge in [-0.05, 0) is 48.8 Å². The van der Waals surface area contributed by atoms with Crippen molar-refractivity contribution in [2.45, 2.75) is 45.1 Å². The fourth-order valence-electron chi connectivity index (χ4n) is 3.47. The second-order valence-corrected chi connectivity index (χ2v) is 6.77. The van der Waals surface area contributed by atoms with Crippen LogP contribution in [0.25, 0.3) is 0 Å². The second-order valence-electron chi connectivity index (χ2n) is 6.77. The van der Waals surface area contributed by atoms with Crippen molar-refractivity contribution in [2.75, 3.05) is 26.3 Å². The van der Waals surface area contributed by atoms with Gasteiger partial charge in [0.05, 0.1) is 19.3 Å². The molecule has 6 nitrogen and oxygen atoms in total. The van der Waals surface area contributed by atoms with Crippen LogP contribution in [0.15, 0.2) is 30.0 Å². The third-order valence-corrected chi connectivity index (χ3v) is 4.99. The highest BCUT2D eigenvalue weighted by molar-refractivity contribution is 5.97. The van der Waals surface area contributed by atoms with E-state index in [1.807, 2.05) is 6.07 Å². The first-order valence-electron chi connectivity index (χ1n) is 9.63. The molecule has 1 aliphatic carbocycles. The lowest BCUT2D eigenvalue weighted by Gasteiger charge is -2.22. The Morgan fingerprint density at radius 3 is 2.52 bits per heavy atom. The summed E-state index contributed by atoms with van der Waals surface area (Å²) < 4.78 is 0. The van der Waals surface area contributed by atoms with Gasteiger partial charge in [0, 0.05) is 19.3 Å². The molecule has 3 N–H and O–H groups in total. The molecule has 0 saturated carbocycles. The van der Waals surface area contributed by atoms with Gasteiger partial charge < -0.3 is 20.4 Å². The molecule has 27 heavy (non-hydrogen) atoms. The first-order chi connectivity index (χ1) is 13.1. The normalized spacial score (nSPS) is 14.8. The van der Waals surface area contributed by atoms with Crippen molar-refractivity contribution >= 4 is 5.91 Å². The Bertz CT molecular complexity index is 703. The Kier molecular flexibility index (Phi) is 8.31. The van der Waals surface area contributed by atoms with Crippen molar-refractivity contribution in [2.24, 2.45) is 0 Å². The van der Waals surface area contributed by atoms with E-state index in [9.17, 15) is 10.1 Å². The summed E-state index contributed by atoms with van der Waals surface area (Å²) in [5.41, 5.74) is 3.94. The SMILES string of the molecule is CCC(N/C=C(/C#N)C(=O)N(CCO)CCO)c1ccc2c(c1)CCCC2. The predicted octanol–water partition coefficient (Wildman–Crippen LogP) is 1.83. The van der Waals surface area contributed by atoms with Gasteiger partial charge in [0.1, 0.15) is 11.6 Å². The lowest BCUT2D eigenvalue weighted by molar-refractivity contribution is -0.127. The fourth-order valence-corrected chi connectivity index (χ4v) is 3.47. The summed E-state index contributed by atoms with van der Waals surface area (Å²) >= 11 is 0. The maximum Gasteiger partial charge on any atom is 0.266 e. The number of hydrogen-bond acceptors (Lipinski definition) is 5. The van der Waals surface area contributed by atoms with Crippen molar-refractivity contribution < 1.29 is 15.0 Å². The number of hydrogen-bond donors (Lipinski definition) is 3. The topological polar surface area (TPSA) is 96.6 Å². The van der Waals surface area contributed by atoms with Crippen LogP contribution < -0.4 is 5.32 Å². The molecular weight excluding hydrogens is 342 g/mol. The Morgan fingerprint density at radius 2 is 1.93 bits per heavy atom. The molecule has 0 spiro atoms. The molecule has 0 aromatic heterocycles. The first kappa shape index (κ1) is 20.9. The molecular formula is C21H29N3O3. The average Bonchev–Trinajstić information content (AvgIpc) is 2.70. The van der Waals surface area contributed by atoms with Gasteiger partial charge in [0.25, 0.3) is 5.91 Å². The zero-order valence-electron chi connectivity index (χ0n) is 15.9. The van der Waals surface area contributed by atoms with Crippen molar-refractivity contribution in [3.8, 4) is 6.07 Å². The minimum atomic E-state index is -0.492. The summed E-state index contributed by atoms with van der Waals surface area (Å²) in [6, 6.07) is 8.49. The van der Waals surface area contributed by atoms with E-state index in [1.54, 1.807) is 0 Å². The quantitative estimate of drug-likeness (QED) is 0.455. The maximum absolute atomic E-state index is 12.5. The number of nitrogens with zero attached hydrogens (tertiary/aromatic N) is 2. The lowest BCUT2D eigenvalue weighted by Crippen LogP contribution is -2.37. The van der Waals surface area contributed by atoms with Crippen molar-refractivity contribution in [1.29, 1.82) is 5.26 Å². The summed E-state index contributed by atoms with van der Waals surface area (Å²) in [7, 11) is 0. The molecule has 0 aliphatic heterocycles. The van der Waals surface area contributed by atoms with Gasteiger partial charge in [-0.2, -0.15) is 5.26 Å². The Morgan fingerprint density at radius 1 is 1.26 bits per heavy atom. The number of aliphatic hydroxyl groups excluding tert-OH is 2. The number of nitrogens with one attached hydrogen (secondary N) is 1. The minimum Gasteiger partial charge on any atom is -0.395 e. The molecule has 0 saturated heterocycles. The van der Waals surface area contributed by atoms with Crippen LogP contribution in [0, 0.1) is 11.3 Å². The van der Waals surface area contributed by atoms with Crippen LogP contribution >= 0.6 is 0 Å². The van der Waals surface area contributed by atoms with Crippen molar-refractivity contribution in [1.82, 2.24) is 10.2 Å². The molecule has 0 radical (unpaired) electrons. The summed E-state index contributed by atoms with van der Waals surface area (Å²) in [5.74, 6) is -0.492. The Balaban J connectivity index is 2.14. The number of nitriles is 1. The van der Waals surface area contributed by atoms with Crippen LogP contribution in [-0.4, -0.2) is 47.3 Å². The number of carbonyl (C=O) groups excluding carboxylic acids is 1. The summed E-state index contributed by atoms with van der Waals surface area (Å²) in [6.45, 7) is 1.79. The predicted molar refractivity (Wildman–Crippen MR) is 104 cm³/mol. The highest BCUT2D eigenvalue weighted by Gasteiger charge is 2.19. The van der Waals surface area contributed by atoms with E-state index in [0.717, 1.165) is 24.8 Å². The van der Waals surface area contributed by atoms with Crippen LogP contribution in [0.3, 0.4) is 0 Å². The second kappa shape index (κ2) is 10.7. The molecule has 1 amide bonds. The minimum absolute atomic E-state index is 0.0116. The average molecular weight is 371 g/mol. The van der Waals surface area contributed by atoms with Gasteiger partial charge in [-0.25, -0.2) is 0 Å². The zero-order chi connectivity index (χ0) is 19.6. The van der Waals surface area contributed by atoms with Crippen LogP contribution in [0.1, 0.15) is 48.9 Å². The van der Waals surface area contributed by atoms with E-state index in [4.69, 9.17) is 10.2 Å². The van der Waals surface area contributed by atoms with E-state index >= 15 is 0 Å². The van der Waals surface area contributed by atoms with Gasteiger partial charge in [-0.3, -0.25) is 4.79 Å². The van der Waals surface area contributed by atoms with Crippen molar-refractivity contribution in [3.63, 3.8) is 0 Å². The van der Waals surface area contributed by atoms with Gasteiger partial charge in [-0.15, -0.1) is 0 Å². The van der Waals surface area contributed by atoms with Gasteiger partial charge in [0.15, 0.2) is 0 Å². The standard InChI is InChI=1S/C21H29N3O3/c1-2-20(18-8-7-16-5-3-4-6-17(16)13-18)23-15-19(14-22)21(27)24(9-11-25)10-12-26/h7-8,13,15,20,23,25-26H,2-6,9-12H2,1H3/b19-15-. The molecule has 6 heteroatoms. The van der Waals surface area contributed by atoms with Crippen LogP contribution in [0.5, 0.6) is 0 Å². The van der Waals surface area contributed by atoms with E-state index in [0.29, 0.717) is 0 Å². The highest BCUT2D eigenvalue weighted by Crippen LogP contribution is 2.26. The number of fused-ring (bicyclic) bond motifs is 1. The van der Waals surface area contributed by atoms with Gasteiger partial charge in [0.2, 0.25) is 0 Å². The molecule has 1 unspecified atom stereocenters. The smallest absolute Gasteiger partial charge is 0.266 e. The highest BCUT2D eigenvalue weighted by atomic mass is 16.3. The van der Waals surface area contributed by atoms with Gasteiger partial charge in [-0.1, -0.05) is 25.1 Å². The molecule has 0 fully saturated rings. The van der Waals surface area contributed by atoms with Crippen LogP contribution in [0.4, 0.5) is 0 Å². The summed E-state index contributed by atoms with van der Waals surface area (Å²) in [5, 5.41) is 30.7. The lowest BCUT2D eigenvalue weighted by atomic mass is 9.89. The van der Waals surface area contributed by atoms with Crippen LogP contribution in [0.2, 0.25) is 0 Å². The van der Waals surface area contributed by atoms with Crippen molar-refractivity contribution in [3.05, 3.63) is 46.7 Å². The molecule has 1 aromatic carbocycles. The van der Waals surface area contributed by atoms with E-state index in [2.05, 4.69) is 30.4 Å². The maximum atomic E-state index is 12.5. The molecule has 0 bridgehead atoms. The largest absolute Gasteiger partial charge is 0.395 e. The Labute approximate surface area is 161 Å². The van der Waals surface area contributed by atoms with Crippen LogP contribution in [-0.2, 0) is 17.6 Å². The summed E-state index contributed by atoms with van der Waals surface area (Å²) in [4.78, 5) is 13.7. The number of aryl methyl sites for hydroxylation is 2. The van der Waals surface area contributed by atoms with E-state index < -0.39 is 5.91 Å². The Hall–Kier alpha value is -2.36. The third kappa shape index (κ3) is 5.56. The molecule has 1 atom stereocenters. The number of aliphatic hydroxyl groups is 2.